The number of halogens is 1. The van der Waals surface area contributed by atoms with E-state index in [1.54, 1.807) is 19.1 Å². The van der Waals surface area contributed by atoms with Crippen LogP contribution in [0.15, 0.2) is 34.9 Å². The van der Waals surface area contributed by atoms with Gasteiger partial charge in [-0.15, -0.1) is 0 Å². The van der Waals surface area contributed by atoms with E-state index in [-0.39, 0.29) is 28.5 Å². The Labute approximate surface area is 132 Å². The second-order valence-electron chi connectivity index (χ2n) is 5.91. The molecule has 3 rings (SSSR count). The number of hydrogen-bond acceptors (Lipinski definition) is 5. The average Bonchev–Trinajstić information content (AvgIpc) is 3.04. The molecule has 0 unspecified atom stereocenters. The molecule has 1 atom stereocenters. The summed E-state index contributed by atoms with van der Waals surface area (Å²) in [5, 5.41) is 6.36. The Morgan fingerprint density at radius 3 is 2.78 bits per heavy atom. The van der Waals surface area contributed by atoms with Crippen molar-refractivity contribution in [2.24, 2.45) is 0 Å². The minimum atomic E-state index is -3.14. The van der Waals surface area contributed by atoms with Crippen LogP contribution in [0.25, 0.3) is 11.3 Å². The molecule has 8 heteroatoms. The summed E-state index contributed by atoms with van der Waals surface area (Å²) < 4.78 is 41.8. The summed E-state index contributed by atoms with van der Waals surface area (Å²) in [6, 6.07) is 7.35. The molecule has 23 heavy (non-hydrogen) atoms. The minimum Gasteiger partial charge on any atom is -0.350 e. The molecule has 2 aromatic rings. The molecular formula is C15H15FN2O4S. The predicted octanol–water partition coefficient (Wildman–Crippen LogP) is 1.79. The van der Waals surface area contributed by atoms with Crippen molar-refractivity contribution in [3.63, 3.8) is 0 Å². The summed E-state index contributed by atoms with van der Waals surface area (Å²) in [4.78, 5) is 12.2. The Hall–Kier alpha value is -2.22. The third-order valence-electron chi connectivity index (χ3n) is 3.80. The minimum absolute atomic E-state index is 0.0423. The zero-order valence-corrected chi connectivity index (χ0v) is 13.2. The molecule has 1 N–H and O–H groups in total. The van der Waals surface area contributed by atoms with E-state index >= 15 is 0 Å². The van der Waals surface area contributed by atoms with E-state index in [9.17, 15) is 17.6 Å². The highest BCUT2D eigenvalue weighted by Gasteiger charge is 2.40. The van der Waals surface area contributed by atoms with Gasteiger partial charge in [0.25, 0.3) is 5.91 Å². The van der Waals surface area contributed by atoms with Crippen LogP contribution in [0, 0.1) is 5.82 Å². The second kappa shape index (κ2) is 5.45. The first-order valence-corrected chi connectivity index (χ1v) is 8.85. The van der Waals surface area contributed by atoms with Crippen LogP contribution in [0.3, 0.4) is 0 Å². The Morgan fingerprint density at radius 1 is 1.39 bits per heavy atom. The molecule has 1 aromatic heterocycles. The van der Waals surface area contributed by atoms with E-state index in [1.165, 1.54) is 18.2 Å². The van der Waals surface area contributed by atoms with E-state index in [0.717, 1.165) is 0 Å². The van der Waals surface area contributed by atoms with Gasteiger partial charge < -0.3 is 9.84 Å². The Morgan fingerprint density at radius 2 is 2.13 bits per heavy atom. The van der Waals surface area contributed by atoms with Crippen LogP contribution < -0.4 is 5.32 Å². The zero-order chi connectivity index (χ0) is 16.7. The van der Waals surface area contributed by atoms with Crippen molar-refractivity contribution in [2.45, 2.75) is 18.9 Å². The van der Waals surface area contributed by atoms with Crippen LogP contribution in [0.2, 0.25) is 0 Å². The fourth-order valence-electron chi connectivity index (χ4n) is 2.62. The average molecular weight is 338 g/mol. The topological polar surface area (TPSA) is 89.3 Å². The van der Waals surface area contributed by atoms with Gasteiger partial charge in [-0.25, -0.2) is 12.8 Å². The highest BCUT2D eigenvalue weighted by atomic mass is 32.2. The number of sulfone groups is 1. The summed E-state index contributed by atoms with van der Waals surface area (Å²) in [6.45, 7) is 1.67. The van der Waals surface area contributed by atoms with Gasteiger partial charge in [-0.2, -0.15) is 0 Å². The van der Waals surface area contributed by atoms with Crippen molar-refractivity contribution >= 4 is 15.7 Å². The number of benzene rings is 1. The molecule has 2 heterocycles. The van der Waals surface area contributed by atoms with Gasteiger partial charge in [-0.3, -0.25) is 4.79 Å². The molecule has 1 saturated heterocycles. The fraction of sp³-hybridized carbons (Fsp3) is 0.333. The second-order valence-corrected chi connectivity index (χ2v) is 8.10. The first-order chi connectivity index (χ1) is 10.8. The van der Waals surface area contributed by atoms with Crippen LogP contribution >= 0.6 is 0 Å². The molecule has 0 saturated carbocycles. The van der Waals surface area contributed by atoms with Crippen molar-refractivity contribution in [3.8, 4) is 11.3 Å². The molecule has 1 aromatic carbocycles. The normalized spacial score (nSPS) is 22.9. The summed E-state index contributed by atoms with van der Waals surface area (Å²) in [5.74, 6) is -1.20. The fourth-order valence-corrected chi connectivity index (χ4v) is 4.72. The molecule has 0 radical (unpaired) electrons. The molecule has 0 bridgehead atoms. The van der Waals surface area contributed by atoms with Gasteiger partial charge in [-0.05, 0) is 25.5 Å². The number of nitrogens with zero attached hydrogens (tertiary/aromatic N) is 1. The smallest absolute Gasteiger partial charge is 0.290 e. The van der Waals surface area contributed by atoms with Crippen LogP contribution in [0.5, 0.6) is 0 Å². The van der Waals surface area contributed by atoms with Crippen molar-refractivity contribution in [2.75, 3.05) is 11.5 Å². The lowest BCUT2D eigenvalue weighted by Gasteiger charge is -2.22. The summed E-state index contributed by atoms with van der Waals surface area (Å²) in [7, 11) is -3.14. The van der Waals surface area contributed by atoms with Crippen molar-refractivity contribution in [1.82, 2.24) is 10.5 Å². The van der Waals surface area contributed by atoms with Crippen LogP contribution in [-0.4, -0.2) is 36.5 Å². The Balaban J connectivity index is 1.79. The first kappa shape index (κ1) is 15.7. The molecule has 1 aliphatic heterocycles. The summed E-state index contributed by atoms with van der Waals surface area (Å²) in [6.07, 6.45) is 0.343. The number of amides is 1. The number of nitrogens with one attached hydrogen (secondary N) is 1. The number of aromatic nitrogens is 1. The number of rotatable bonds is 3. The van der Waals surface area contributed by atoms with Crippen LogP contribution in [-0.2, 0) is 9.84 Å². The quantitative estimate of drug-likeness (QED) is 0.921. The van der Waals surface area contributed by atoms with E-state index in [2.05, 4.69) is 10.5 Å². The Bertz CT molecular complexity index is 862. The SMILES string of the molecule is C[C@]1(NC(=O)c2cc(-c3ccccc3F)no2)CCS(=O)(=O)C1. The van der Waals surface area contributed by atoms with E-state index in [0.29, 0.717) is 6.42 Å². The lowest BCUT2D eigenvalue weighted by atomic mass is 10.0. The van der Waals surface area contributed by atoms with Crippen molar-refractivity contribution in [3.05, 3.63) is 41.9 Å². The van der Waals surface area contributed by atoms with E-state index in [1.807, 2.05) is 0 Å². The van der Waals surface area contributed by atoms with Gasteiger partial charge in [0, 0.05) is 11.6 Å². The number of carbonyl (C=O) groups is 1. The van der Waals surface area contributed by atoms with Crippen molar-refractivity contribution in [1.29, 1.82) is 0 Å². The molecule has 1 fully saturated rings. The summed E-state index contributed by atoms with van der Waals surface area (Å²) >= 11 is 0. The third-order valence-corrected chi connectivity index (χ3v) is 5.71. The molecule has 0 aliphatic carbocycles. The highest BCUT2D eigenvalue weighted by molar-refractivity contribution is 7.91. The monoisotopic (exact) mass is 338 g/mol. The third kappa shape index (κ3) is 3.26. The van der Waals surface area contributed by atoms with Gasteiger partial charge in [0.05, 0.1) is 17.0 Å². The summed E-state index contributed by atoms with van der Waals surface area (Å²) in [5.41, 5.74) is -0.400. The molecule has 0 spiro atoms. The zero-order valence-electron chi connectivity index (χ0n) is 12.4. The molecular weight excluding hydrogens is 323 g/mol. The number of hydrogen-bond donors (Lipinski definition) is 1. The maximum Gasteiger partial charge on any atom is 0.290 e. The van der Waals surface area contributed by atoms with E-state index < -0.39 is 27.1 Å². The highest BCUT2D eigenvalue weighted by Crippen LogP contribution is 2.25. The van der Waals surface area contributed by atoms with E-state index in [4.69, 9.17) is 4.52 Å². The molecule has 1 amide bonds. The molecule has 122 valence electrons. The van der Waals surface area contributed by atoms with Gasteiger partial charge in [-0.1, -0.05) is 17.3 Å². The van der Waals surface area contributed by atoms with Crippen LogP contribution in [0.1, 0.15) is 23.9 Å². The molecule has 1 aliphatic rings. The largest absolute Gasteiger partial charge is 0.350 e. The Kier molecular flexibility index (Phi) is 3.71. The lowest BCUT2D eigenvalue weighted by molar-refractivity contribution is 0.0877. The predicted molar refractivity (Wildman–Crippen MR) is 81.0 cm³/mol. The van der Waals surface area contributed by atoms with Gasteiger partial charge >= 0.3 is 0 Å². The maximum atomic E-state index is 13.7. The van der Waals surface area contributed by atoms with Crippen molar-refractivity contribution < 1.29 is 22.1 Å². The van der Waals surface area contributed by atoms with Gasteiger partial charge in [0.1, 0.15) is 11.5 Å². The molecule has 6 nitrogen and oxygen atoms in total. The lowest BCUT2D eigenvalue weighted by Crippen LogP contribution is -2.46. The van der Waals surface area contributed by atoms with Gasteiger partial charge in [0.2, 0.25) is 5.76 Å². The maximum absolute atomic E-state index is 13.7. The standard InChI is InChI=1S/C15H15FN2O4S/c1-15(6-7-23(20,21)9-15)17-14(19)13-8-12(18-22-13)10-4-2-3-5-11(10)16/h2-5,8H,6-7,9H2,1H3,(H,17,19)/t15-/m0/s1. The number of carbonyl (C=O) groups excluding carboxylic acids is 1. The first-order valence-electron chi connectivity index (χ1n) is 7.03. The van der Waals surface area contributed by atoms with Crippen LogP contribution in [0.4, 0.5) is 4.39 Å². The van der Waals surface area contributed by atoms with Gasteiger partial charge in [0.15, 0.2) is 9.84 Å².